The van der Waals surface area contributed by atoms with E-state index in [0.717, 1.165) is 12.8 Å². The standard InChI is InChI=1S/C11H24N2O2S/c1-4-5-6-9(12)10(14)13-7-11(2,15)8-16-3/h9,15H,4-8,12H2,1-3H3,(H,13,14)/t9-,11?/m0/s1. The molecule has 0 aliphatic carbocycles. The molecule has 0 spiro atoms. The van der Waals surface area contributed by atoms with Crippen LogP contribution in [0.25, 0.3) is 0 Å². The van der Waals surface area contributed by atoms with E-state index in [-0.39, 0.29) is 12.5 Å². The van der Waals surface area contributed by atoms with Gasteiger partial charge in [-0.1, -0.05) is 19.8 Å². The van der Waals surface area contributed by atoms with Crippen LogP contribution in [0.2, 0.25) is 0 Å². The predicted octanol–water partition coefficient (Wildman–Crippen LogP) is 0.734. The number of carbonyl (C=O) groups is 1. The highest BCUT2D eigenvalue weighted by molar-refractivity contribution is 7.98. The molecule has 0 aliphatic heterocycles. The van der Waals surface area contributed by atoms with Crippen LogP contribution in [0.5, 0.6) is 0 Å². The maximum absolute atomic E-state index is 11.5. The minimum Gasteiger partial charge on any atom is -0.387 e. The van der Waals surface area contributed by atoms with Crippen molar-refractivity contribution in [2.24, 2.45) is 5.73 Å². The van der Waals surface area contributed by atoms with Gasteiger partial charge in [0.05, 0.1) is 11.6 Å². The third-order valence-electron chi connectivity index (χ3n) is 2.30. The molecule has 0 aliphatic rings. The fourth-order valence-electron chi connectivity index (χ4n) is 1.33. The number of nitrogens with two attached hydrogens (primary N) is 1. The Balaban J connectivity index is 3.87. The lowest BCUT2D eigenvalue weighted by atomic mass is 10.1. The third kappa shape index (κ3) is 7.09. The van der Waals surface area contributed by atoms with Crippen LogP contribution >= 0.6 is 11.8 Å². The number of hydrogen-bond acceptors (Lipinski definition) is 4. The summed E-state index contributed by atoms with van der Waals surface area (Å²) in [6, 6.07) is -0.454. The summed E-state index contributed by atoms with van der Waals surface area (Å²) < 4.78 is 0. The molecule has 0 saturated carbocycles. The summed E-state index contributed by atoms with van der Waals surface area (Å²) in [5.74, 6) is 0.423. The van der Waals surface area contributed by atoms with E-state index in [4.69, 9.17) is 5.73 Å². The summed E-state index contributed by atoms with van der Waals surface area (Å²) in [6.45, 7) is 4.03. The van der Waals surface area contributed by atoms with Crippen molar-refractivity contribution >= 4 is 17.7 Å². The number of amides is 1. The second kappa shape index (κ2) is 7.92. The molecule has 16 heavy (non-hydrogen) atoms. The van der Waals surface area contributed by atoms with Gasteiger partial charge in [0, 0.05) is 12.3 Å². The summed E-state index contributed by atoms with van der Waals surface area (Å²) >= 11 is 1.55. The van der Waals surface area contributed by atoms with Crippen LogP contribution in [0, 0.1) is 0 Å². The minimum absolute atomic E-state index is 0.171. The average Bonchev–Trinajstić information content (AvgIpc) is 2.22. The van der Waals surface area contributed by atoms with E-state index in [1.165, 1.54) is 0 Å². The van der Waals surface area contributed by atoms with Gasteiger partial charge in [0.15, 0.2) is 0 Å². The second-order valence-corrected chi connectivity index (χ2v) is 5.26. The molecule has 0 bridgehead atoms. The normalized spacial score (nSPS) is 16.6. The zero-order valence-electron chi connectivity index (χ0n) is 10.5. The molecule has 2 atom stereocenters. The maximum Gasteiger partial charge on any atom is 0.237 e. The largest absolute Gasteiger partial charge is 0.387 e. The topological polar surface area (TPSA) is 75.4 Å². The summed E-state index contributed by atoms with van der Waals surface area (Å²) in [6.07, 6.45) is 4.61. The minimum atomic E-state index is -0.862. The molecule has 0 rings (SSSR count). The van der Waals surface area contributed by atoms with E-state index in [1.807, 2.05) is 6.26 Å². The Labute approximate surface area is 102 Å². The molecule has 96 valence electrons. The Morgan fingerprint density at radius 1 is 1.62 bits per heavy atom. The summed E-state index contributed by atoms with van der Waals surface area (Å²) in [7, 11) is 0. The van der Waals surface area contributed by atoms with Crippen molar-refractivity contribution in [1.82, 2.24) is 5.32 Å². The maximum atomic E-state index is 11.5. The van der Waals surface area contributed by atoms with E-state index in [9.17, 15) is 9.90 Å². The lowest BCUT2D eigenvalue weighted by molar-refractivity contribution is -0.123. The third-order valence-corrected chi connectivity index (χ3v) is 3.21. The van der Waals surface area contributed by atoms with Crippen molar-refractivity contribution in [3.8, 4) is 0 Å². The highest BCUT2D eigenvalue weighted by atomic mass is 32.2. The van der Waals surface area contributed by atoms with Gasteiger partial charge in [0.2, 0.25) is 5.91 Å². The number of carbonyl (C=O) groups excluding carboxylic acids is 1. The molecule has 0 fully saturated rings. The van der Waals surface area contributed by atoms with E-state index in [2.05, 4.69) is 12.2 Å². The van der Waals surface area contributed by atoms with Gasteiger partial charge in [0.25, 0.3) is 0 Å². The Kier molecular flexibility index (Phi) is 7.80. The fraction of sp³-hybridized carbons (Fsp3) is 0.909. The monoisotopic (exact) mass is 248 g/mol. The first kappa shape index (κ1) is 15.7. The molecule has 1 amide bonds. The zero-order chi connectivity index (χ0) is 12.6. The van der Waals surface area contributed by atoms with Gasteiger partial charge in [-0.15, -0.1) is 0 Å². The van der Waals surface area contributed by atoms with E-state index in [0.29, 0.717) is 12.2 Å². The number of thioether (sulfide) groups is 1. The Morgan fingerprint density at radius 3 is 2.75 bits per heavy atom. The van der Waals surface area contributed by atoms with Crippen LogP contribution in [-0.2, 0) is 4.79 Å². The molecule has 0 saturated heterocycles. The van der Waals surface area contributed by atoms with Crippen LogP contribution in [0.3, 0.4) is 0 Å². The molecule has 0 aromatic heterocycles. The first-order valence-electron chi connectivity index (χ1n) is 5.67. The number of unbranched alkanes of at least 4 members (excludes halogenated alkanes) is 1. The van der Waals surface area contributed by atoms with Gasteiger partial charge in [-0.2, -0.15) is 11.8 Å². The zero-order valence-corrected chi connectivity index (χ0v) is 11.3. The molecule has 1 unspecified atom stereocenters. The van der Waals surface area contributed by atoms with E-state index >= 15 is 0 Å². The van der Waals surface area contributed by atoms with Gasteiger partial charge in [0.1, 0.15) is 0 Å². The number of hydrogen-bond donors (Lipinski definition) is 3. The second-order valence-electron chi connectivity index (χ2n) is 4.40. The Hall–Kier alpha value is -0.260. The van der Waals surface area contributed by atoms with Gasteiger partial charge < -0.3 is 16.2 Å². The van der Waals surface area contributed by atoms with Gasteiger partial charge in [-0.25, -0.2) is 0 Å². The molecule has 0 radical (unpaired) electrons. The van der Waals surface area contributed by atoms with Gasteiger partial charge in [-0.3, -0.25) is 4.79 Å². The lowest BCUT2D eigenvalue weighted by Gasteiger charge is -2.23. The number of aliphatic hydroxyl groups is 1. The van der Waals surface area contributed by atoms with Gasteiger partial charge >= 0.3 is 0 Å². The van der Waals surface area contributed by atoms with E-state index in [1.54, 1.807) is 18.7 Å². The van der Waals surface area contributed by atoms with Crippen molar-refractivity contribution in [3.63, 3.8) is 0 Å². The summed E-state index contributed by atoms with van der Waals surface area (Å²) in [5, 5.41) is 12.5. The number of rotatable bonds is 8. The molecule has 4 nitrogen and oxygen atoms in total. The van der Waals surface area contributed by atoms with Crippen molar-refractivity contribution in [2.45, 2.75) is 44.8 Å². The van der Waals surface area contributed by atoms with Gasteiger partial charge in [-0.05, 0) is 19.6 Å². The summed E-state index contributed by atoms with van der Waals surface area (Å²) in [5.41, 5.74) is 4.85. The molecule has 5 heteroatoms. The predicted molar refractivity (Wildman–Crippen MR) is 69.5 cm³/mol. The molecule has 0 aromatic carbocycles. The molecule has 0 heterocycles. The Morgan fingerprint density at radius 2 is 2.25 bits per heavy atom. The smallest absolute Gasteiger partial charge is 0.237 e. The van der Waals surface area contributed by atoms with Crippen LogP contribution in [0.15, 0.2) is 0 Å². The molecule has 0 aromatic rings. The van der Waals surface area contributed by atoms with Crippen LogP contribution in [-0.4, -0.2) is 41.2 Å². The van der Waals surface area contributed by atoms with Crippen molar-refractivity contribution in [3.05, 3.63) is 0 Å². The number of nitrogens with one attached hydrogen (secondary N) is 1. The highest BCUT2D eigenvalue weighted by Gasteiger charge is 2.22. The average molecular weight is 248 g/mol. The van der Waals surface area contributed by atoms with Crippen molar-refractivity contribution < 1.29 is 9.90 Å². The van der Waals surface area contributed by atoms with Crippen molar-refractivity contribution in [1.29, 1.82) is 0 Å². The highest BCUT2D eigenvalue weighted by Crippen LogP contribution is 2.09. The first-order valence-corrected chi connectivity index (χ1v) is 7.07. The van der Waals surface area contributed by atoms with Crippen molar-refractivity contribution in [2.75, 3.05) is 18.6 Å². The molecule has 4 N–H and O–H groups in total. The van der Waals surface area contributed by atoms with Crippen LogP contribution < -0.4 is 11.1 Å². The molecular weight excluding hydrogens is 224 g/mol. The van der Waals surface area contributed by atoms with Crippen LogP contribution in [0.1, 0.15) is 33.1 Å². The van der Waals surface area contributed by atoms with E-state index < -0.39 is 11.6 Å². The molecular formula is C11H24N2O2S. The fourth-order valence-corrected chi connectivity index (χ4v) is 2.05. The quantitative estimate of drug-likeness (QED) is 0.592. The summed E-state index contributed by atoms with van der Waals surface area (Å²) in [4.78, 5) is 11.5. The lowest BCUT2D eigenvalue weighted by Crippen LogP contribution is -2.48. The SMILES string of the molecule is CCCC[C@H](N)C(=O)NCC(C)(O)CSC. The van der Waals surface area contributed by atoms with Crippen LogP contribution in [0.4, 0.5) is 0 Å². The first-order chi connectivity index (χ1) is 7.43. The Bertz CT molecular complexity index is 210.